The molecule has 0 bridgehead atoms. The SMILES string of the molecule is CCNC(c1cncc(OC)c1)c1cc2ccccc2s1. The first-order chi connectivity index (χ1) is 10.3. The summed E-state index contributed by atoms with van der Waals surface area (Å²) in [6.45, 7) is 3.02. The normalized spacial score (nSPS) is 12.5. The van der Waals surface area contributed by atoms with Crippen molar-refractivity contribution >= 4 is 21.4 Å². The summed E-state index contributed by atoms with van der Waals surface area (Å²) in [6.07, 6.45) is 3.64. The molecular formula is C17H18N2OS. The molecule has 0 aliphatic rings. The van der Waals surface area contributed by atoms with E-state index in [2.05, 4.69) is 47.6 Å². The van der Waals surface area contributed by atoms with Crippen molar-refractivity contribution in [3.63, 3.8) is 0 Å². The highest BCUT2D eigenvalue weighted by atomic mass is 32.1. The molecule has 2 heterocycles. The van der Waals surface area contributed by atoms with Crippen LogP contribution < -0.4 is 10.1 Å². The van der Waals surface area contributed by atoms with Gasteiger partial charge < -0.3 is 10.1 Å². The number of hydrogen-bond acceptors (Lipinski definition) is 4. The second kappa shape index (κ2) is 6.24. The van der Waals surface area contributed by atoms with Crippen LogP contribution in [-0.4, -0.2) is 18.6 Å². The average Bonchev–Trinajstić information content (AvgIpc) is 2.96. The third-order valence-electron chi connectivity index (χ3n) is 3.44. The molecule has 21 heavy (non-hydrogen) atoms. The Hall–Kier alpha value is -1.91. The number of hydrogen-bond donors (Lipinski definition) is 1. The van der Waals surface area contributed by atoms with Crippen LogP contribution in [0.25, 0.3) is 10.1 Å². The first-order valence-corrected chi connectivity index (χ1v) is 7.84. The molecule has 4 heteroatoms. The van der Waals surface area contributed by atoms with Gasteiger partial charge in [0.15, 0.2) is 0 Å². The Balaban J connectivity index is 2.03. The molecule has 0 fully saturated rings. The molecular weight excluding hydrogens is 280 g/mol. The molecule has 3 aromatic rings. The minimum atomic E-state index is 0.148. The van der Waals surface area contributed by atoms with E-state index >= 15 is 0 Å². The average molecular weight is 298 g/mol. The molecule has 1 unspecified atom stereocenters. The molecule has 1 aromatic carbocycles. The maximum absolute atomic E-state index is 5.29. The quantitative estimate of drug-likeness (QED) is 0.773. The monoisotopic (exact) mass is 298 g/mol. The van der Waals surface area contributed by atoms with E-state index in [9.17, 15) is 0 Å². The predicted molar refractivity (Wildman–Crippen MR) is 88.1 cm³/mol. The van der Waals surface area contributed by atoms with Crippen molar-refractivity contribution in [3.05, 3.63) is 59.2 Å². The van der Waals surface area contributed by atoms with E-state index in [-0.39, 0.29) is 6.04 Å². The van der Waals surface area contributed by atoms with Gasteiger partial charge in [0.05, 0.1) is 19.3 Å². The number of methoxy groups -OCH3 is 1. The van der Waals surface area contributed by atoms with E-state index in [0.717, 1.165) is 17.9 Å². The number of rotatable bonds is 5. The summed E-state index contributed by atoms with van der Waals surface area (Å²) in [6, 6.07) is 12.9. The Morgan fingerprint density at radius 2 is 2.10 bits per heavy atom. The van der Waals surface area contributed by atoms with Crippen molar-refractivity contribution < 1.29 is 4.74 Å². The molecule has 3 nitrogen and oxygen atoms in total. The summed E-state index contributed by atoms with van der Waals surface area (Å²) in [7, 11) is 1.67. The van der Waals surface area contributed by atoms with E-state index in [1.807, 2.05) is 23.6 Å². The molecule has 0 spiro atoms. The molecule has 0 amide bonds. The number of benzene rings is 1. The Kier molecular flexibility index (Phi) is 4.18. The number of ether oxygens (including phenoxy) is 1. The minimum absolute atomic E-state index is 0.148. The summed E-state index contributed by atoms with van der Waals surface area (Å²) in [5, 5.41) is 4.83. The number of pyridine rings is 1. The third kappa shape index (κ3) is 2.91. The molecule has 1 N–H and O–H groups in total. The van der Waals surface area contributed by atoms with Crippen LogP contribution in [-0.2, 0) is 0 Å². The Labute approximate surface area is 128 Å². The highest BCUT2D eigenvalue weighted by molar-refractivity contribution is 7.19. The highest BCUT2D eigenvalue weighted by Crippen LogP contribution is 2.33. The van der Waals surface area contributed by atoms with Crippen molar-refractivity contribution in [2.75, 3.05) is 13.7 Å². The smallest absolute Gasteiger partial charge is 0.137 e. The topological polar surface area (TPSA) is 34.2 Å². The van der Waals surface area contributed by atoms with Crippen molar-refractivity contribution in [1.82, 2.24) is 10.3 Å². The first kappa shape index (κ1) is 14.0. The third-order valence-corrected chi connectivity index (χ3v) is 4.62. The van der Waals surface area contributed by atoms with Gasteiger partial charge in [0.25, 0.3) is 0 Å². The van der Waals surface area contributed by atoms with Crippen LogP contribution in [0.5, 0.6) is 5.75 Å². The van der Waals surface area contributed by atoms with Crippen LogP contribution in [0.1, 0.15) is 23.4 Å². The number of fused-ring (bicyclic) bond motifs is 1. The molecule has 0 radical (unpaired) electrons. The van der Waals surface area contributed by atoms with Crippen molar-refractivity contribution in [2.45, 2.75) is 13.0 Å². The lowest BCUT2D eigenvalue weighted by molar-refractivity contribution is 0.411. The van der Waals surface area contributed by atoms with Crippen LogP contribution in [0, 0.1) is 0 Å². The van der Waals surface area contributed by atoms with Gasteiger partial charge in [-0.3, -0.25) is 4.98 Å². The highest BCUT2D eigenvalue weighted by Gasteiger charge is 2.16. The number of nitrogens with zero attached hydrogens (tertiary/aromatic N) is 1. The van der Waals surface area contributed by atoms with Crippen molar-refractivity contribution in [1.29, 1.82) is 0 Å². The van der Waals surface area contributed by atoms with Crippen molar-refractivity contribution in [3.8, 4) is 5.75 Å². The fraction of sp³-hybridized carbons (Fsp3) is 0.235. The lowest BCUT2D eigenvalue weighted by Crippen LogP contribution is -2.21. The Morgan fingerprint density at radius 3 is 2.86 bits per heavy atom. The van der Waals surface area contributed by atoms with Gasteiger partial charge in [-0.25, -0.2) is 0 Å². The van der Waals surface area contributed by atoms with Gasteiger partial charge in [-0.15, -0.1) is 11.3 Å². The maximum Gasteiger partial charge on any atom is 0.137 e. The lowest BCUT2D eigenvalue weighted by atomic mass is 10.1. The van der Waals surface area contributed by atoms with Crippen LogP contribution in [0.2, 0.25) is 0 Å². The Morgan fingerprint density at radius 1 is 1.24 bits per heavy atom. The molecule has 0 saturated heterocycles. The van der Waals surface area contributed by atoms with Gasteiger partial charge in [0.1, 0.15) is 5.75 Å². The zero-order valence-corrected chi connectivity index (χ0v) is 13.0. The van der Waals surface area contributed by atoms with Crippen LogP contribution in [0.3, 0.4) is 0 Å². The lowest BCUT2D eigenvalue weighted by Gasteiger charge is -2.17. The summed E-state index contributed by atoms with van der Waals surface area (Å²) >= 11 is 1.82. The van der Waals surface area contributed by atoms with Gasteiger partial charge in [-0.05, 0) is 35.7 Å². The van der Waals surface area contributed by atoms with E-state index < -0.39 is 0 Å². The second-order valence-electron chi connectivity index (χ2n) is 4.84. The van der Waals surface area contributed by atoms with Crippen LogP contribution >= 0.6 is 11.3 Å². The summed E-state index contributed by atoms with van der Waals surface area (Å²) in [4.78, 5) is 5.58. The number of aromatic nitrogens is 1. The zero-order chi connectivity index (χ0) is 14.7. The zero-order valence-electron chi connectivity index (χ0n) is 12.2. The van der Waals surface area contributed by atoms with Crippen LogP contribution in [0.15, 0.2) is 48.8 Å². The van der Waals surface area contributed by atoms with E-state index in [1.54, 1.807) is 13.3 Å². The summed E-state index contributed by atoms with van der Waals surface area (Å²) in [5.74, 6) is 0.788. The van der Waals surface area contributed by atoms with Gasteiger partial charge >= 0.3 is 0 Å². The van der Waals surface area contributed by atoms with Gasteiger partial charge in [-0.2, -0.15) is 0 Å². The standard InChI is InChI=1S/C17H18N2OS/c1-3-19-17(13-8-14(20-2)11-18-10-13)16-9-12-6-4-5-7-15(12)21-16/h4-11,17,19H,3H2,1-2H3. The molecule has 0 aliphatic carbocycles. The van der Waals surface area contributed by atoms with Gasteiger partial charge in [-0.1, -0.05) is 25.1 Å². The van der Waals surface area contributed by atoms with Gasteiger partial charge in [0.2, 0.25) is 0 Å². The first-order valence-electron chi connectivity index (χ1n) is 7.02. The largest absolute Gasteiger partial charge is 0.495 e. The number of thiophene rings is 1. The van der Waals surface area contributed by atoms with Crippen molar-refractivity contribution in [2.24, 2.45) is 0 Å². The Bertz CT molecular complexity index is 705. The molecule has 0 saturated carbocycles. The molecule has 0 aliphatic heterocycles. The maximum atomic E-state index is 5.29. The fourth-order valence-corrected chi connectivity index (χ4v) is 3.61. The summed E-state index contributed by atoms with van der Waals surface area (Å²) < 4.78 is 6.60. The summed E-state index contributed by atoms with van der Waals surface area (Å²) in [5.41, 5.74) is 1.13. The van der Waals surface area contributed by atoms with Gasteiger partial charge in [0, 0.05) is 15.8 Å². The molecule has 2 aromatic heterocycles. The van der Waals surface area contributed by atoms with E-state index in [4.69, 9.17) is 4.74 Å². The van der Waals surface area contributed by atoms with E-state index in [1.165, 1.54) is 15.0 Å². The predicted octanol–water partition coefficient (Wildman–Crippen LogP) is 4.00. The minimum Gasteiger partial charge on any atom is -0.495 e. The van der Waals surface area contributed by atoms with E-state index in [0.29, 0.717) is 0 Å². The molecule has 1 atom stereocenters. The van der Waals surface area contributed by atoms with Crippen LogP contribution in [0.4, 0.5) is 0 Å². The second-order valence-corrected chi connectivity index (χ2v) is 5.95. The molecule has 108 valence electrons. The number of nitrogens with one attached hydrogen (secondary N) is 1. The molecule has 3 rings (SSSR count). The fourth-order valence-electron chi connectivity index (χ4n) is 2.44.